The largest absolute Gasteiger partial charge is 0.493 e. The quantitative estimate of drug-likeness (QED) is 0.377. The third kappa shape index (κ3) is 6.48. The number of benzene rings is 2. The SMILES string of the molecule is CCCOc1cc(/C=N\NC(=O)Cc2cc(Cl)ccc2SC)ccc1OC. The van der Waals surface area contributed by atoms with Gasteiger partial charge in [-0.3, -0.25) is 4.79 Å². The number of carbonyl (C=O) groups excluding carboxylic acids is 1. The molecule has 0 aliphatic rings. The molecule has 0 heterocycles. The van der Waals surface area contributed by atoms with Crippen LogP contribution in [0.2, 0.25) is 5.02 Å². The maximum Gasteiger partial charge on any atom is 0.244 e. The van der Waals surface area contributed by atoms with Crippen LogP contribution < -0.4 is 14.9 Å². The molecule has 0 radical (unpaired) electrons. The highest BCUT2D eigenvalue weighted by atomic mass is 35.5. The third-order valence-corrected chi connectivity index (χ3v) is 4.72. The van der Waals surface area contributed by atoms with Gasteiger partial charge in [0.05, 0.1) is 26.4 Å². The van der Waals surface area contributed by atoms with E-state index in [1.165, 1.54) is 0 Å². The molecule has 2 rings (SSSR count). The van der Waals surface area contributed by atoms with E-state index in [-0.39, 0.29) is 12.3 Å². The molecule has 144 valence electrons. The Balaban J connectivity index is 2.00. The average molecular weight is 407 g/mol. The van der Waals surface area contributed by atoms with E-state index in [2.05, 4.69) is 10.5 Å². The van der Waals surface area contributed by atoms with E-state index in [1.54, 1.807) is 31.2 Å². The Hall–Kier alpha value is -2.18. The smallest absolute Gasteiger partial charge is 0.244 e. The highest BCUT2D eigenvalue weighted by Gasteiger charge is 2.08. The lowest BCUT2D eigenvalue weighted by Gasteiger charge is -2.10. The van der Waals surface area contributed by atoms with Crippen LogP contribution >= 0.6 is 23.4 Å². The number of nitrogens with zero attached hydrogens (tertiary/aromatic N) is 1. The lowest BCUT2D eigenvalue weighted by Crippen LogP contribution is -2.20. The summed E-state index contributed by atoms with van der Waals surface area (Å²) in [5.41, 5.74) is 4.23. The Bertz CT molecular complexity index is 812. The molecule has 0 unspecified atom stereocenters. The summed E-state index contributed by atoms with van der Waals surface area (Å²) in [6.07, 6.45) is 4.65. The molecule has 0 saturated heterocycles. The van der Waals surface area contributed by atoms with E-state index in [9.17, 15) is 4.79 Å². The number of nitrogens with one attached hydrogen (secondary N) is 1. The number of halogens is 1. The summed E-state index contributed by atoms with van der Waals surface area (Å²) in [7, 11) is 1.60. The third-order valence-electron chi connectivity index (χ3n) is 3.65. The lowest BCUT2D eigenvalue weighted by atomic mass is 10.1. The maximum atomic E-state index is 12.2. The number of methoxy groups -OCH3 is 1. The van der Waals surface area contributed by atoms with Crippen molar-refractivity contribution in [3.05, 3.63) is 52.5 Å². The van der Waals surface area contributed by atoms with Crippen LogP contribution in [-0.2, 0) is 11.2 Å². The van der Waals surface area contributed by atoms with Crippen LogP contribution in [0.3, 0.4) is 0 Å². The van der Waals surface area contributed by atoms with E-state index >= 15 is 0 Å². The van der Waals surface area contributed by atoms with Gasteiger partial charge in [0.25, 0.3) is 0 Å². The highest BCUT2D eigenvalue weighted by molar-refractivity contribution is 7.98. The number of ether oxygens (including phenoxy) is 2. The van der Waals surface area contributed by atoms with Crippen molar-refractivity contribution >= 4 is 35.5 Å². The highest BCUT2D eigenvalue weighted by Crippen LogP contribution is 2.27. The molecule has 0 aliphatic heterocycles. The summed E-state index contributed by atoms with van der Waals surface area (Å²) in [4.78, 5) is 13.2. The lowest BCUT2D eigenvalue weighted by molar-refractivity contribution is -0.120. The minimum atomic E-state index is -0.209. The number of hydrogen-bond acceptors (Lipinski definition) is 5. The molecule has 27 heavy (non-hydrogen) atoms. The Kier molecular flexibility index (Phi) is 8.48. The van der Waals surface area contributed by atoms with Gasteiger partial charge in [0.15, 0.2) is 11.5 Å². The van der Waals surface area contributed by atoms with Crippen LogP contribution in [0.4, 0.5) is 0 Å². The Morgan fingerprint density at radius 3 is 2.78 bits per heavy atom. The summed E-state index contributed by atoms with van der Waals surface area (Å²) >= 11 is 7.60. The van der Waals surface area contributed by atoms with Crippen LogP contribution in [0.15, 0.2) is 46.4 Å². The van der Waals surface area contributed by atoms with Gasteiger partial charge in [0.2, 0.25) is 5.91 Å². The van der Waals surface area contributed by atoms with Crippen molar-refractivity contribution in [2.45, 2.75) is 24.7 Å². The topological polar surface area (TPSA) is 59.9 Å². The molecule has 0 aliphatic carbocycles. The van der Waals surface area contributed by atoms with Crippen LogP contribution in [0.25, 0.3) is 0 Å². The average Bonchev–Trinajstić information content (AvgIpc) is 2.66. The Morgan fingerprint density at radius 1 is 1.26 bits per heavy atom. The van der Waals surface area contributed by atoms with Gasteiger partial charge >= 0.3 is 0 Å². The van der Waals surface area contributed by atoms with Gasteiger partial charge in [0.1, 0.15) is 0 Å². The number of hydrogen-bond donors (Lipinski definition) is 1. The monoisotopic (exact) mass is 406 g/mol. The zero-order valence-electron chi connectivity index (χ0n) is 15.6. The molecule has 5 nitrogen and oxygen atoms in total. The van der Waals surface area contributed by atoms with E-state index < -0.39 is 0 Å². The van der Waals surface area contributed by atoms with Gasteiger partial charge in [-0.1, -0.05) is 18.5 Å². The summed E-state index contributed by atoms with van der Waals surface area (Å²) in [5, 5.41) is 4.64. The number of amides is 1. The van der Waals surface area contributed by atoms with Crippen molar-refractivity contribution in [2.75, 3.05) is 20.0 Å². The minimum absolute atomic E-state index is 0.209. The predicted octanol–water partition coefficient (Wildman–Crippen LogP) is 4.55. The summed E-state index contributed by atoms with van der Waals surface area (Å²) in [6, 6.07) is 11.0. The van der Waals surface area contributed by atoms with Crippen LogP contribution in [0, 0.1) is 0 Å². The van der Waals surface area contributed by atoms with Gasteiger partial charge in [-0.2, -0.15) is 5.10 Å². The van der Waals surface area contributed by atoms with E-state index in [4.69, 9.17) is 21.1 Å². The predicted molar refractivity (Wildman–Crippen MR) is 111 cm³/mol. The first-order valence-electron chi connectivity index (χ1n) is 8.52. The summed E-state index contributed by atoms with van der Waals surface area (Å²) in [6.45, 7) is 2.64. The number of rotatable bonds is 9. The van der Waals surface area contributed by atoms with Crippen molar-refractivity contribution in [1.82, 2.24) is 5.43 Å². The summed E-state index contributed by atoms with van der Waals surface area (Å²) < 4.78 is 11.0. The van der Waals surface area contributed by atoms with Gasteiger partial charge < -0.3 is 9.47 Å². The van der Waals surface area contributed by atoms with Crippen molar-refractivity contribution in [2.24, 2.45) is 5.10 Å². The van der Waals surface area contributed by atoms with Crippen molar-refractivity contribution < 1.29 is 14.3 Å². The van der Waals surface area contributed by atoms with Crippen LogP contribution in [0.5, 0.6) is 11.5 Å². The summed E-state index contributed by atoms with van der Waals surface area (Å²) in [5.74, 6) is 1.10. The second-order valence-electron chi connectivity index (χ2n) is 5.68. The van der Waals surface area contributed by atoms with Crippen LogP contribution in [-0.4, -0.2) is 32.1 Å². The molecule has 2 aromatic rings. The number of hydrazone groups is 1. The molecule has 1 N–H and O–H groups in total. The van der Waals surface area contributed by atoms with E-state index in [1.807, 2.05) is 43.5 Å². The fourth-order valence-electron chi connectivity index (χ4n) is 2.38. The number of thioether (sulfide) groups is 1. The first-order chi connectivity index (χ1) is 13.1. The first kappa shape index (κ1) is 21.1. The standard InChI is InChI=1S/C20H23ClN2O3S/c1-4-9-26-18-10-14(5-7-17(18)25-2)13-22-23-20(24)12-15-11-16(21)6-8-19(15)27-3/h5-8,10-11,13H,4,9,12H2,1-3H3,(H,23,24)/b22-13-. The Morgan fingerprint density at radius 2 is 2.07 bits per heavy atom. The second kappa shape index (κ2) is 10.8. The zero-order chi connectivity index (χ0) is 19.6. The maximum absolute atomic E-state index is 12.2. The second-order valence-corrected chi connectivity index (χ2v) is 6.97. The Labute approximate surface area is 169 Å². The van der Waals surface area contributed by atoms with Gasteiger partial charge in [0, 0.05) is 9.92 Å². The zero-order valence-corrected chi connectivity index (χ0v) is 17.2. The van der Waals surface area contributed by atoms with Gasteiger partial charge in [-0.25, -0.2) is 5.43 Å². The molecule has 0 bridgehead atoms. The van der Waals surface area contributed by atoms with E-state index in [0.717, 1.165) is 22.4 Å². The fraction of sp³-hybridized carbons (Fsp3) is 0.300. The minimum Gasteiger partial charge on any atom is -0.493 e. The van der Waals surface area contributed by atoms with Gasteiger partial charge in [-0.15, -0.1) is 11.8 Å². The van der Waals surface area contributed by atoms with Crippen LogP contribution in [0.1, 0.15) is 24.5 Å². The molecule has 0 aromatic heterocycles. The molecule has 7 heteroatoms. The van der Waals surface area contributed by atoms with Crippen molar-refractivity contribution in [3.63, 3.8) is 0 Å². The molecular weight excluding hydrogens is 384 g/mol. The molecule has 0 saturated carbocycles. The van der Waals surface area contributed by atoms with E-state index in [0.29, 0.717) is 23.1 Å². The molecular formula is C20H23ClN2O3S. The molecule has 0 spiro atoms. The normalized spacial score (nSPS) is 10.8. The van der Waals surface area contributed by atoms with Crippen molar-refractivity contribution in [3.8, 4) is 11.5 Å². The molecule has 2 aromatic carbocycles. The molecule has 0 fully saturated rings. The van der Waals surface area contributed by atoms with Gasteiger partial charge in [-0.05, 0) is 60.2 Å². The molecule has 1 amide bonds. The first-order valence-corrected chi connectivity index (χ1v) is 10.1. The van der Waals surface area contributed by atoms with Crippen molar-refractivity contribution in [1.29, 1.82) is 0 Å². The number of carbonyl (C=O) groups is 1. The fourth-order valence-corrected chi connectivity index (χ4v) is 3.17. The molecule has 0 atom stereocenters.